The van der Waals surface area contributed by atoms with Gasteiger partial charge in [0.15, 0.2) is 0 Å². The Morgan fingerprint density at radius 2 is 1.95 bits per heavy atom. The number of nitrogens with one attached hydrogen (secondary N) is 2. The third kappa shape index (κ3) is 5.59. The van der Waals surface area contributed by atoms with Gasteiger partial charge in [-0.3, -0.25) is 4.79 Å². The number of rotatable bonds is 4. The van der Waals surface area contributed by atoms with Crippen molar-refractivity contribution in [3.05, 3.63) is 0 Å². The Kier molecular flexibility index (Phi) is 5.67. The first-order valence-corrected chi connectivity index (χ1v) is 8.57. The minimum absolute atomic E-state index is 0.134. The van der Waals surface area contributed by atoms with Crippen molar-refractivity contribution in [1.82, 2.24) is 10.6 Å². The molecule has 2 N–H and O–H groups in total. The quantitative estimate of drug-likeness (QED) is 0.838. The van der Waals surface area contributed by atoms with E-state index >= 15 is 0 Å². The first-order valence-electron chi connectivity index (χ1n) is 8.57. The van der Waals surface area contributed by atoms with Gasteiger partial charge in [0.2, 0.25) is 5.91 Å². The molecular formula is C17H32N2O2. The summed E-state index contributed by atoms with van der Waals surface area (Å²) in [4.78, 5) is 11.8. The Balaban J connectivity index is 1.70. The van der Waals surface area contributed by atoms with Crippen molar-refractivity contribution >= 4 is 5.91 Å². The molecule has 1 atom stereocenters. The van der Waals surface area contributed by atoms with E-state index in [1.54, 1.807) is 0 Å². The lowest BCUT2D eigenvalue weighted by atomic mass is 9.78. The van der Waals surface area contributed by atoms with E-state index < -0.39 is 0 Å². The lowest BCUT2D eigenvalue weighted by Gasteiger charge is -2.43. The van der Waals surface area contributed by atoms with Crippen LogP contribution in [0, 0.1) is 0 Å². The summed E-state index contributed by atoms with van der Waals surface area (Å²) in [6.45, 7) is 7.69. The third-order valence-corrected chi connectivity index (χ3v) is 4.56. The van der Waals surface area contributed by atoms with Crippen molar-refractivity contribution in [2.24, 2.45) is 0 Å². The van der Waals surface area contributed by atoms with Crippen molar-refractivity contribution in [3.8, 4) is 0 Å². The number of carbonyl (C=O) groups is 1. The number of hydrogen-bond acceptors (Lipinski definition) is 3. The third-order valence-electron chi connectivity index (χ3n) is 4.56. The Morgan fingerprint density at radius 3 is 2.62 bits per heavy atom. The Bertz CT molecular complexity index is 338. The molecule has 0 aromatic heterocycles. The van der Waals surface area contributed by atoms with E-state index in [0.29, 0.717) is 12.5 Å². The fourth-order valence-electron chi connectivity index (χ4n) is 3.62. The van der Waals surface area contributed by atoms with Crippen LogP contribution >= 0.6 is 0 Å². The molecule has 122 valence electrons. The molecule has 0 radical (unpaired) electrons. The molecule has 21 heavy (non-hydrogen) atoms. The van der Waals surface area contributed by atoms with Crippen molar-refractivity contribution in [3.63, 3.8) is 0 Å². The Labute approximate surface area is 129 Å². The highest BCUT2D eigenvalue weighted by Crippen LogP contribution is 2.38. The average Bonchev–Trinajstić information content (AvgIpc) is 2.37. The topological polar surface area (TPSA) is 50.4 Å². The Hall–Kier alpha value is -0.610. The second-order valence-corrected chi connectivity index (χ2v) is 7.78. The summed E-state index contributed by atoms with van der Waals surface area (Å²) in [5.41, 5.74) is 0.00372. The maximum atomic E-state index is 11.8. The van der Waals surface area contributed by atoms with Crippen LogP contribution in [-0.4, -0.2) is 36.2 Å². The summed E-state index contributed by atoms with van der Waals surface area (Å²) in [7, 11) is 0. The first-order chi connectivity index (χ1) is 9.89. The van der Waals surface area contributed by atoms with Crippen LogP contribution in [0.1, 0.15) is 72.1 Å². The summed E-state index contributed by atoms with van der Waals surface area (Å²) in [5, 5.41) is 6.58. The van der Waals surface area contributed by atoms with E-state index in [4.69, 9.17) is 4.74 Å². The molecule has 0 aromatic rings. The standard InChI is InChI=1S/C17H32N2O2/c1-16(2,3)19-15(20)7-11-18-14-8-12-21-17(13-14)9-5-4-6-10-17/h14,18H,4-13H2,1-3H3,(H,19,20). The molecule has 1 saturated carbocycles. The zero-order valence-corrected chi connectivity index (χ0v) is 14.0. The highest BCUT2D eigenvalue weighted by molar-refractivity contribution is 5.76. The smallest absolute Gasteiger partial charge is 0.221 e. The van der Waals surface area contributed by atoms with Crippen LogP contribution in [-0.2, 0) is 9.53 Å². The van der Waals surface area contributed by atoms with Gasteiger partial charge in [0, 0.05) is 31.2 Å². The molecule has 0 bridgehead atoms. The number of carbonyl (C=O) groups excluding carboxylic acids is 1. The van der Waals surface area contributed by atoms with E-state index in [1.807, 2.05) is 20.8 Å². The fraction of sp³-hybridized carbons (Fsp3) is 0.941. The largest absolute Gasteiger partial charge is 0.375 e. The van der Waals surface area contributed by atoms with Crippen molar-refractivity contribution < 1.29 is 9.53 Å². The lowest BCUT2D eigenvalue weighted by Crippen LogP contribution is -2.49. The molecule has 2 aliphatic rings. The zero-order valence-electron chi connectivity index (χ0n) is 14.0. The molecule has 1 aliphatic heterocycles. The fourth-order valence-corrected chi connectivity index (χ4v) is 3.62. The van der Waals surface area contributed by atoms with Gasteiger partial charge in [0.25, 0.3) is 0 Å². The van der Waals surface area contributed by atoms with Gasteiger partial charge in [-0.25, -0.2) is 0 Å². The van der Waals surface area contributed by atoms with Gasteiger partial charge in [0.05, 0.1) is 5.60 Å². The monoisotopic (exact) mass is 296 g/mol. The molecule has 1 spiro atoms. The van der Waals surface area contributed by atoms with Crippen LogP contribution in [0.25, 0.3) is 0 Å². The average molecular weight is 296 g/mol. The summed E-state index contributed by atoms with van der Waals surface area (Å²) >= 11 is 0. The zero-order chi connectivity index (χ0) is 15.3. The van der Waals surface area contributed by atoms with E-state index in [2.05, 4.69) is 10.6 Å². The molecule has 4 heteroatoms. The van der Waals surface area contributed by atoms with E-state index in [-0.39, 0.29) is 17.0 Å². The van der Waals surface area contributed by atoms with Crippen LogP contribution in [0.3, 0.4) is 0 Å². The molecule has 1 saturated heterocycles. The number of ether oxygens (including phenoxy) is 1. The molecular weight excluding hydrogens is 264 g/mol. The van der Waals surface area contributed by atoms with Crippen molar-refractivity contribution in [2.45, 2.75) is 89.3 Å². The molecule has 1 aliphatic carbocycles. The normalized spacial score (nSPS) is 25.8. The van der Waals surface area contributed by atoms with Crippen LogP contribution in [0.15, 0.2) is 0 Å². The van der Waals surface area contributed by atoms with Gasteiger partial charge < -0.3 is 15.4 Å². The molecule has 4 nitrogen and oxygen atoms in total. The SMILES string of the molecule is CC(C)(C)NC(=O)CCNC1CCOC2(CCCCC2)C1. The maximum absolute atomic E-state index is 11.8. The molecule has 2 fully saturated rings. The summed E-state index contributed by atoms with van der Waals surface area (Å²) in [5.74, 6) is 0.134. The maximum Gasteiger partial charge on any atom is 0.221 e. The number of hydrogen-bond donors (Lipinski definition) is 2. The first kappa shape index (κ1) is 16.8. The molecule has 0 aromatic carbocycles. The van der Waals surface area contributed by atoms with Gasteiger partial charge in [-0.1, -0.05) is 19.3 Å². The summed E-state index contributed by atoms with van der Waals surface area (Å²) in [6, 6.07) is 0.513. The molecule has 1 amide bonds. The second kappa shape index (κ2) is 7.10. The lowest BCUT2D eigenvalue weighted by molar-refractivity contribution is -0.122. The molecule has 1 unspecified atom stereocenters. The highest BCUT2D eigenvalue weighted by Gasteiger charge is 2.38. The van der Waals surface area contributed by atoms with Crippen LogP contribution in [0.5, 0.6) is 0 Å². The van der Waals surface area contributed by atoms with E-state index in [9.17, 15) is 4.79 Å². The van der Waals surface area contributed by atoms with Crippen molar-refractivity contribution in [2.75, 3.05) is 13.2 Å². The van der Waals surface area contributed by atoms with Crippen LogP contribution < -0.4 is 10.6 Å². The van der Waals surface area contributed by atoms with Crippen LogP contribution in [0.2, 0.25) is 0 Å². The highest BCUT2D eigenvalue weighted by atomic mass is 16.5. The van der Waals surface area contributed by atoms with Gasteiger partial charge in [0.1, 0.15) is 0 Å². The molecule has 1 heterocycles. The van der Waals surface area contributed by atoms with Gasteiger partial charge in [-0.2, -0.15) is 0 Å². The summed E-state index contributed by atoms with van der Waals surface area (Å²) in [6.07, 6.45) is 9.15. The number of amides is 1. The minimum Gasteiger partial charge on any atom is -0.375 e. The predicted octanol–water partition coefficient (Wildman–Crippen LogP) is 2.76. The summed E-state index contributed by atoms with van der Waals surface area (Å²) < 4.78 is 6.11. The van der Waals surface area contributed by atoms with E-state index in [1.165, 1.54) is 32.1 Å². The van der Waals surface area contributed by atoms with Gasteiger partial charge >= 0.3 is 0 Å². The minimum atomic E-state index is -0.137. The molecule has 2 rings (SSSR count). The van der Waals surface area contributed by atoms with Gasteiger partial charge in [-0.05, 0) is 46.5 Å². The predicted molar refractivity (Wildman–Crippen MR) is 85.3 cm³/mol. The Morgan fingerprint density at radius 1 is 1.24 bits per heavy atom. The second-order valence-electron chi connectivity index (χ2n) is 7.78. The van der Waals surface area contributed by atoms with Crippen molar-refractivity contribution in [1.29, 1.82) is 0 Å². The van der Waals surface area contributed by atoms with E-state index in [0.717, 1.165) is 26.0 Å². The van der Waals surface area contributed by atoms with Gasteiger partial charge in [-0.15, -0.1) is 0 Å². The van der Waals surface area contributed by atoms with Crippen LogP contribution in [0.4, 0.5) is 0 Å².